The largest absolute Gasteiger partial charge is 0.383 e. The monoisotopic (exact) mass is 283 g/mol. The molecule has 0 fully saturated rings. The molecule has 0 aliphatic heterocycles. The Balaban J connectivity index is 2.66. The van der Waals surface area contributed by atoms with Crippen LogP contribution in [0.1, 0.15) is 25.7 Å². The molecule has 18 heavy (non-hydrogen) atoms. The summed E-state index contributed by atoms with van der Waals surface area (Å²) in [6.07, 6.45) is 0. The lowest BCUT2D eigenvalue weighted by Crippen LogP contribution is -2.07. The van der Waals surface area contributed by atoms with Gasteiger partial charge in [0.15, 0.2) is 0 Å². The summed E-state index contributed by atoms with van der Waals surface area (Å²) in [5, 5.41) is 0.990. The first-order chi connectivity index (χ1) is 8.43. The van der Waals surface area contributed by atoms with E-state index in [1.807, 2.05) is 23.6 Å². The molecule has 1 aromatic heterocycles. The molecule has 5 heteroatoms. The number of rotatable bonds is 2. The first-order valence-corrected chi connectivity index (χ1v) is 6.47. The van der Waals surface area contributed by atoms with Gasteiger partial charge in [-0.1, -0.05) is 35.3 Å². The van der Waals surface area contributed by atoms with Crippen LogP contribution in [0.2, 0.25) is 10.0 Å². The number of benzene rings is 1. The number of nitrogen functional groups attached to an aromatic ring is 1. The molecule has 0 unspecified atom stereocenters. The molecule has 1 heterocycles. The van der Waals surface area contributed by atoms with Crippen LogP contribution in [-0.2, 0) is 0 Å². The Kier molecular flexibility index (Phi) is 3.55. The zero-order valence-corrected chi connectivity index (χ0v) is 12.0. The van der Waals surface area contributed by atoms with Gasteiger partial charge in [-0.25, -0.2) is 4.98 Å². The minimum Gasteiger partial charge on any atom is -0.383 e. The molecule has 0 saturated heterocycles. The minimum atomic E-state index is 0.254. The Morgan fingerprint density at radius 2 is 1.94 bits per heavy atom. The van der Waals surface area contributed by atoms with Crippen LogP contribution in [0, 0.1) is 6.92 Å². The van der Waals surface area contributed by atoms with E-state index >= 15 is 0 Å². The van der Waals surface area contributed by atoms with Gasteiger partial charge < -0.3 is 10.3 Å². The van der Waals surface area contributed by atoms with Gasteiger partial charge in [-0.05, 0) is 26.8 Å². The molecule has 0 radical (unpaired) electrons. The molecule has 2 N–H and O–H groups in total. The number of hydrogen-bond acceptors (Lipinski definition) is 2. The number of imidazole rings is 1. The third-order valence-corrected chi connectivity index (χ3v) is 3.67. The summed E-state index contributed by atoms with van der Waals surface area (Å²) in [5.41, 5.74) is 7.61. The molecule has 1 aromatic carbocycles. The Morgan fingerprint density at radius 3 is 2.50 bits per heavy atom. The van der Waals surface area contributed by atoms with E-state index in [4.69, 9.17) is 28.9 Å². The highest BCUT2D eigenvalue weighted by molar-refractivity contribution is 6.43. The summed E-state index contributed by atoms with van der Waals surface area (Å²) < 4.78 is 1.98. The van der Waals surface area contributed by atoms with Crippen LogP contribution in [-0.4, -0.2) is 9.55 Å². The van der Waals surface area contributed by atoms with Gasteiger partial charge in [0.05, 0.1) is 10.0 Å². The molecule has 0 aliphatic carbocycles. The summed E-state index contributed by atoms with van der Waals surface area (Å²) >= 11 is 12.2. The van der Waals surface area contributed by atoms with Crippen molar-refractivity contribution >= 4 is 29.0 Å². The van der Waals surface area contributed by atoms with Gasteiger partial charge in [-0.2, -0.15) is 0 Å². The second kappa shape index (κ2) is 4.82. The second-order valence-electron chi connectivity index (χ2n) is 4.46. The fraction of sp³-hybridized carbons (Fsp3) is 0.308. The van der Waals surface area contributed by atoms with E-state index in [1.165, 1.54) is 0 Å². The third-order valence-electron chi connectivity index (χ3n) is 2.85. The SMILES string of the molecule is Cc1nc(-c2cccc(Cl)c2Cl)c(N)n1C(C)C. The Morgan fingerprint density at radius 1 is 1.28 bits per heavy atom. The van der Waals surface area contributed by atoms with Crippen LogP contribution < -0.4 is 5.73 Å². The van der Waals surface area contributed by atoms with Gasteiger partial charge in [0.25, 0.3) is 0 Å². The van der Waals surface area contributed by atoms with Crippen molar-refractivity contribution < 1.29 is 0 Å². The molecular formula is C13H15Cl2N3. The van der Waals surface area contributed by atoms with Gasteiger partial charge in [0.1, 0.15) is 17.3 Å². The number of halogens is 2. The van der Waals surface area contributed by atoms with Gasteiger partial charge >= 0.3 is 0 Å². The van der Waals surface area contributed by atoms with Crippen molar-refractivity contribution in [3.8, 4) is 11.3 Å². The third kappa shape index (κ3) is 2.08. The van der Waals surface area contributed by atoms with Gasteiger partial charge in [0, 0.05) is 11.6 Å². The van der Waals surface area contributed by atoms with E-state index < -0.39 is 0 Å². The van der Waals surface area contributed by atoms with E-state index in [9.17, 15) is 0 Å². The average molecular weight is 284 g/mol. The lowest BCUT2D eigenvalue weighted by molar-refractivity contribution is 0.590. The smallest absolute Gasteiger partial charge is 0.132 e. The summed E-state index contributed by atoms with van der Waals surface area (Å²) in [6, 6.07) is 5.71. The lowest BCUT2D eigenvalue weighted by Gasteiger charge is -2.11. The second-order valence-corrected chi connectivity index (χ2v) is 5.24. The highest BCUT2D eigenvalue weighted by Crippen LogP contribution is 2.36. The molecule has 0 saturated carbocycles. The maximum Gasteiger partial charge on any atom is 0.132 e. The highest BCUT2D eigenvalue weighted by Gasteiger charge is 2.18. The average Bonchev–Trinajstić information content (AvgIpc) is 2.58. The zero-order valence-electron chi connectivity index (χ0n) is 10.5. The first kappa shape index (κ1) is 13.2. The fourth-order valence-corrected chi connectivity index (χ4v) is 2.49. The standard InChI is InChI=1S/C13H15Cl2N3/c1-7(2)18-8(3)17-12(13(18)16)9-5-4-6-10(14)11(9)15/h4-7H,16H2,1-3H3. The number of nitrogens with two attached hydrogens (primary N) is 1. The predicted octanol–water partition coefficient (Wildman–Crippen LogP) is 4.33. The van der Waals surface area contributed by atoms with Crippen molar-refractivity contribution in [1.29, 1.82) is 0 Å². The molecule has 3 nitrogen and oxygen atoms in total. The summed E-state index contributed by atoms with van der Waals surface area (Å²) in [5.74, 6) is 1.49. The maximum absolute atomic E-state index is 6.20. The zero-order chi connectivity index (χ0) is 13.4. The van der Waals surface area contributed by atoms with Crippen molar-refractivity contribution in [3.63, 3.8) is 0 Å². The number of hydrogen-bond donors (Lipinski definition) is 1. The minimum absolute atomic E-state index is 0.254. The summed E-state index contributed by atoms with van der Waals surface area (Å²) in [7, 11) is 0. The van der Waals surface area contributed by atoms with Gasteiger partial charge in [0.2, 0.25) is 0 Å². The van der Waals surface area contributed by atoms with Crippen LogP contribution in [0.25, 0.3) is 11.3 Å². The van der Waals surface area contributed by atoms with Crippen molar-refractivity contribution in [2.45, 2.75) is 26.8 Å². The van der Waals surface area contributed by atoms with E-state index in [0.717, 1.165) is 11.4 Å². The molecule has 2 aromatic rings. The van der Waals surface area contributed by atoms with E-state index in [2.05, 4.69) is 18.8 Å². The van der Waals surface area contributed by atoms with Gasteiger partial charge in [-0.3, -0.25) is 0 Å². The molecule has 0 atom stereocenters. The summed E-state index contributed by atoms with van der Waals surface area (Å²) in [4.78, 5) is 4.50. The molecule has 0 aliphatic rings. The Hall–Kier alpha value is -1.19. The lowest BCUT2D eigenvalue weighted by atomic mass is 10.1. The fourth-order valence-electron chi connectivity index (χ4n) is 2.10. The first-order valence-electron chi connectivity index (χ1n) is 5.72. The van der Waals surface area contributed by atoms with Crippen molar-refractivity contribution in [2.75, 3.05) is 5.73 Å². The van der Waals surface area contributed by atoms with Crippen LogP contribution in [0.15, 0.2) is 18.2 Å². The predicted molar refractivity (Wildman–Crippen MR) is 77.2 cm³/mol. The number of aryl methyl sites for hydroxylation is 1. The van der Waals surface area contributed by atoms with Crippen LogP contribution in [0.4, 0.5) is 5.82 Å². The van der Waals surface area contributed by atoms with Crippen molar-refractivity contribution in [3.05, 3.63) is 34.1 Å². The molecule has 2 rings (SSSR count). The molecule has 0 bridgehead atoms. The van der Waals surface area contributed by atoms with Gasteiger partial charge in [-0.15, -0.1) is 0 Å². The molecular weight excluding hydrogens is 269 g/mol. The molecule has 0 amide bonds. The Labute approximate surface area is 117 Å². The van der Waals surface area contributed by atoms with Crippen LogP contribution >= 0.6 is 23.2 Å². The van der Waals surface area contributed by atoms with Crippen LogP contribution in [0.5, 0.6) is 0 Å². The van der Waals surface area contributed by atoms with E-state index in [-0.39, 0.29) is 6.04 Å². The molecule has 96 valence electrons. The summed E-state index contributed by atoms with van der Waals surface area (Å²) in [6.45, 7) is 6.06. The van der Waals surface area contributed by atoms with E-state index in [0.29, 0.717) is 21.6 Å². The van der Waals surface area contributed by atoms with Crippen molar-refractivity contribution in [1.82, 2.24) is 9.55 Å². The van der Waals surface area contributed by atoms with Crippen LogP contribution in [0.3, 0.4) is 0 Å². The molecule has 0 spiro atoms. The quantitative estimate of drug-likeness (QED) is 0.892. The van der Waals surface area contributed by atoms with E-state index in [1.54, 1.807) is 6.07 Å². The maximum atomic E-state index is 6.20. The van der Waals surface area contributed by atoms with Crippen molar-refractivity contribution in [2.24, 2.45) is 0 Å². The normalized spacial score (nSPS) is 11.2. The number of anilines is 1. The highest BCUT2D eigenvalue weighted by atomic mass is 35.5. The number of aromatic nitrogens is 2. The topological polar surface area (TPSA) is 43.8 Å². The number of nitrogens with zero attached hydrogens (tertiary/aromatic N) is 2. The Bertz CT molecular complexity index is 588.